The van der Waals surface area contributed by atoms with Crippen LogP contribution in [0.1, 0.15) is 10.9 Å². The molecule has 1 fully saturated rings. The number of hydrogen-bond donors (Lipinski definition) is 0. The first-order chi connectivity index (χ1) is 8.63. The minimum Gasteiger partial charge on any atom is -0.497 e. The Bertz CT molecular complexity index is 460. The molecule has 0 spiro atoms. The van der Waals surface area contributed by atoms with Gasteiger partial charge < -0.3 is 9.47 Å². The molecule has 0 bridgehead atoms. The number of amides is 2. The summed E-state index contributed by atoms with van der Waals surface area (Å²) >= 11 is 6.06. The largest absolute Gasteiger partial charge is 0.497 e. The van der Waals surface area contributed by atoms with E-state index >= 15 is 0 Å². The molecule has 0 saturated carbocycles. The fraction of sp³-hybridized carbons (Fsp3) is 0.333. The topological polar surface area (TPSA) is 55.8 Å². The van der Waals surface area contributed by atoms with Crippen molar-refractivity contribution < 1.29 is 19.1 Å². The minimum absolute atomic E-state index is 0.219. The molecule has 2 amide bonds. The van der Waals surface area contributed by atoms with Gasteiger partial charge in [-0.25, -0.2) is 9.69 Å². The van der Waals surface area contributed by atoms with Gasteiger partial charge in [0.1, 0.15) is 17.7 Å². The number of carbonyl (C=O) groups excluding carboxylic acids is 2. The number of alkyl halides is 1. The molecule has 1 aromatic carbocycles. The summed E-state index contributed by atoms with van der Waals surface area (Å²) in [5, 5.41) is -0.901. The van der Waals surface area contributed by atoms with Gasteiger partial charge in [-0.2, -0.15) is 0 Å². The van der Waals surface area contributed by atoms with E-state index in [1.807, 2.05) is 0 Å². The Labute approximate surface area is 109 Å². The predicted molar refractivity (Wildman–Crippen MR) is 64.6 cm³/mol. The number of carbonyl (C=O) groups is 2. The van der Waals surface area contributed by atoms with Crippen LogP contribution < -0.4 is 4.74 Å². The lowest BCUT2D eigenvalue weighted by molar-refractivity contribution is -0.127. The zero-order valence-corrected chi connectivity index (χ0v) is 10.5. The molecule has 2 rings (SSSR count). The summed E-state index contributed by atoms with van der Waals surface area (Å²) in [4.78, 5) is 24.2. The molecule has 0 N–H and O–H groups in total. The van der Waals surface area contributed by atoms with Crippen molar-refractivity contribution in [2.45, 2.75) is 5.38 Å². The average Bonchev–Trinajstić information content (AvgIpc) is 2.83. The zero-order chi connectivity index (χ0) is 13.1. The lowest BCUT2D eigenvalue weighted by atomic mass is 10.1. The van der Waals surface area contributed by atoms with E-state index in [2.05, 4.69) is 0 Å². The van der Waals surface area contributed by atoms with Crippen LogP contribution in [0.25, 0.3) is 0 Å². The Kier molecular flexibility index (Phi) is 3.72. The summed E-state index contributed by atoms with van der Waals surface area (Å²) in [6, 6.07) is 6.80. The lowest BCUT2D eigenvalue weighted by Gasteiger charge is -2.15. The number of ether oxygens (including phenoxy) is 2. The Balaban J connectivity index is 2.12. The first-order valence-corrected chi connectivity index (χ1v) is 5.83. The maximum Gasteiger partial charge on any atom is 0.416 e. The van der Waals surface area contributed by atoms with E-state index in [-0.39, 0.29) is 13.2 Å². The Morgan fingerprint density at radius 2 is 2.11 bits per heavy atom. The molecule has 0 aromatic heterocycles. The smallest absolute Gasteiger partial charge is 0.416 e. The van der Waals surface area contributed by atoms with Crippen LogP contribution >= 0.6 is 11.6 Å². The summed E-state index contributed by atoms with van der Waals surface area (Å²) in [6.45, 7) is 0.466. The molecular formula is C12H12ClNO4. The number of hydrogen-bond acceptors (Lipinski definition) is 4. The first-order valence-electron chi connectivity index (χ1n) is 5.39. The highest BCUT2D eigenvalue weighted by Gasteiger charge is 2.33. The van der Waals surface area contributed by atoms with Gasteiger partial charge >= 0.3 is 6.09 Å². The molecule has 0 radical (unpaired) electrons. The van der Waals surface area contributed by atoms with Crippen molar-refractivity contribution in [1.82, 2.24) is 4.90 Å². The molecule has 1 aromatic rings. The summed E-state index contributed by atoms with van der Waals surface area (Å²) < 4.78 is 9.71. The molecule has 18 heavy (non-hydrogen) atoms. The van der Waals surface area contributed by atoms with Gasteiger partial charge in [0.2, 0.25) is 0 Å². The van der Waals surface area contributed by atoms with E-state index in [4.69, 9.17) is 21.1 Å². The molecule has 0 aliphatic carbocycles. The standard InChI is InChI=1S/C12H12ClNO4/c1-17-9-4-2-8(3-5-9)10(13)11(15)14-6-7-18-12(14)16/h2-5,10H,6-7H2,1H3/t10-/m1/s1. The number of benzene rings is 1. The van der Waals surface area contributed by atoms with Gasteiger partial charge in [-0.15, -0.1) is 11.6 Å². The molecule has 1 atom stereocenters. The number of halogens is 1. The first kappa shape index (κ1) is 12.7. The van der Waals surface area contributed by atoms with Crippen LogP contribution in [-0.2, 0) is 9.53 Å². The maximum absolute atomic E-state index is 12.0. The number of nitrogens with zero attached hydrogens (tertiary/aromatic N) is 1. The van der Waals surface area contributed by atoms with Gasteiger partial charge in [-0.05, 0) is 17.7 Å². The van der Waals surface area contributed by atoms with Crippen LogP contribution in [0.3, 0.4) is 0 Å². The lowest BCUT2D eigenvalue weighted by Crippen LogP contribution is -2.34. The quantitative estimate of drug-likeness (QED) is 0.787. The molecule has 1 aliphatic heterocycles. The highest BCUT2D eigenvalue weighted by molar-refractivity contribution is 6.31. The molecule has 96 valence electrons. The van der Waals surface area contributed by atoms with Crippen LogP contribution in [0.2, 0.25) is 0 Å². The van der Waals surface area contributed by atoms with Gasteiger partial charge in [0.15, 0.2) is 0 Å². The van der Waals surface area contributed by atoms with E-state index in [1.165, 1.54) is 0 Å². The molecule has 5 nitrogen and oxygen atoms in total. The molecule has 1 heterocycles. The van der Waals surface area contributed by atoms with E-state index in [0.29, 0.717) is 11.3 Å². The third-order valence-corrected chi connectivity index (χ3v) is 3.09. The summed E-state index contributed by atoms with van der Waals surface area (Å²) in [7, 11) is 1.55. The van der Waals surface area contributed by atoms with Gasteiger partial charge in [0, 0.05) is 0 Å². The SMILES string of the molecule is COc1ccc([C@@H](Cl)C(=O)N2CCOC2=O)cc1. The molecule has 1 saturated heterocycles. The highest BCUT2D eigenvalue weighted by atomic mass is 35.5. The van der Waals surface area contributed by atoms with Crippen molar-refractivity contribution in [1.29, 1.82) is 0 Å². The fourth-order valence-electron chi connectivity index (χ4n) is 1.65. The number of rotatable bonds is 3. The zero-order valence-electron chi connectivity index (χ0n) is 9.76. The molecule has 1 aliphatic rings. The van der Waals surface area contributed by atoms with Gasteiger partial charge in [0.25, 0.3) is 5.91 Å². The normalized spacial score (nSPS) is 16.3. The fourth-order valence-corrected chi connectivity index (χ4v) is 1.91. The van der Waals surface area contributed by atoms with Crippen molar-refractivity contribution in [3.63, 3.8) is 0 Å². The second kappa shape index (κ2) is 5.27. The monoisotopic (exact) mass is 269 g/mol. The summed E-state index contributed by atoms with van der Waals surface area (Å²) in [5.74, 6) is 0.208. The average molecular weight is 270 g/mol. The maximum atomic E-state index is 12.0. The van der Waals surface area contributed by atoms with Crippen molar-refractivity contribution in [3.05, 3.63) is 29.8 Å². The van der Waals surface area contributed by atoms with E-state index in [1.54, 1.807) is 31.4 Å². The molecule has 0 unspecified atom stereocenters. The third-order valence-electron chi connectivity index (χ3n) is 2.65. The Hall–Kier alpha value is -1.75. The Morgan fingerprint density at radius 3 is 2.61 bits per heavy atom. The third kappa shape index (κ3) is 2.41. The summed E-state index contributed by atoms with van der Waals surface area (Å²) in [6.07, 6.45) is -0.640. The van der Waals surface area contributed by atoms with Crippen molar-refractivity contribution in [2.24, 2.45) is 0 Å². The van der Waals surface area contributed by atoms with Crippen LogP contribution in [0.15, 0.2) is 24.3 Å². The van der Waals surface area contributed by atoms with Crippen molar-refractivity contribution in [2.75, 3.05) is 20.3 Å². The number of methoxy groups -OCH3 is 1. The Morgan fingerprint density at radius 1 is 1.44 bits per heavy atom. The molecular weight excluding hydrogens is 258 g/mol. The van der Waals surface area contributed by atoms with E-state index in [9.17, 15) is 9.59 Å². The highest BCUT2D eigenvalue weighted by Crippen LogP contribution is 2.26. The minimum atomic E-state index is -0.901. The number of cyclic esters (lactones) is 1. The van der Waals surface area contributed by atoms with Crippen LogP contribution in [0.4, 0.5) is 4.79 Å². The van der Waals surface area contributed by atoms with Crippen LogP contribution in [0.5, 0.6) is 5.75 Å². The van der Waals surface area contributed by atoms with Gasteiger partial charge in [-0.3, -0.25) is 4.79 Å². The van der Waals surface area contributed by atoms with Crippen LogP contribution in [-0.4, -0.2) is 37.2 Å². The van der Waals surface area contributed by atoms with E-state index in [0.717, 1.165) is 4.90 Å². The second-order valence-corrected chi connectivity index (χ2v) is 4.18. The van der Waals surface area contributed by atoms with Gasteiger partial charge in [0.05, 0.1) is 13.7 Å². The molecule has 6 heteroatoms. The second-order valence-electron chi connectivity index (χ2n) is 3.74. The summed E-state index contributed by atoms with van der Waals surface area (Å²) in [5.41, 5.74) is 0.613. The van der Waals surface area contributed by atoms with Crippen molar-refractivity contribution in [3.8, 4) is 5.75 Å². The van der Waals surface area contributed by atoms with Crippen LogP contribution in [0, 0.1) is 0 Å². The predicted octanol–water partition coefficient (Wildman–Crippen LogP) is 1.95. The number of imide groups is 1. The van der Waals surface area contributed by atoms with Crippen molar-refractivity contribution >= 4 is 23.6 Å². The van der Waals surface area contributed by atoms with Gasteiger partial charge in [-0.1, -0.05) is 12.1 Å². The van der Waals surface area contributed by atoms with E-state index < -0.39 is 17.4 Å².